The molecule has 0 aliphatic carbocycles. The zero-order chi connectivity index (χ0) is 23.8. The molecule has 1 unspecified atom stereocenters. The van der Waals surface area contributed by atoms with Crippen molar-refractivity contribution in [3.05, 3.63) is 57.0 Å². The van der Waals surface area contributed by atoms with Crippen LogP contribution in [0, 0.1) is 0 Å². The first-order valence-electron chi connectivity index (χ1n) is 11.9. The van der Waals surface area contributed by atoms with Crippen LogP contribution < -0.4 is 21.9 Å². The summed E-state index contributed by atoms with van der Waals surface area (Å²) >= 11 is 0. The maximum Gasteiger partial charge on any atom is 0.332 e. The van der Waals surface area contributed by atoms with E-state index in [4.69, 9.17) is 10.7 Å². The minimum atomic E-state index is -0.422. The summed E-state index contributed by atoms with van der Waals surface area (Å²) in [5.41, 5.74) is 8.34. The smallest absolute Gasteiger partial charge is 0.332 e. The van der Waals surface area contributed by atoms with E-state index in [2.05, 4.69) is 21.8 Å². The molecule has 1 atom stereocenters. The lowest BCUT2D eigenvalue weighted by Crippen LogP contribution is -2.44. The fourth-order valence-corrected chi connectivity index (χ4v) is 4.69. The van der Waals surface area contributed by atoms with Crippen molar-refractivity contribution < 1.29 is 0 Å². The first-order chi connectivity index (χ1) is 16.5. The van der Waals surface area contributed by atoms with Crippen molar-refractivity contribution in [2.45, 2.75) is 51.7 Å². The molecule has 178 valence electrons. The molecule has 0 spiro atoms. The van der Waals surface area contributed by atoms with Gasteiger partial charge in [-0.05, 0) is 31.4 Å². The zero-order valence-corrected chi connectivity index (χ0v) is 19.6. The van der Waals surface area contributed by atoms with E-state index in [9.17, 15) is 9.59 Å². The molecule has 4 heterocycles. The Bertz CT molecular complexity index is 1470. The Morgan fingerprint density at radius 1 is 1.12 bits per heavy atom. The van der Waals surface area contributed by atoms with E-state index in [1.807, 2.05) is 28.8 Å². The number of hydrogen-bond donors (Lipinski definition) is 1. The highest BCUT2D eigenvalue weighted by atomic mass is 16.2. The SMILES string of the molecule is CCCCn1c(N2CCCC(N)C2)nc2c1c(=O)n(Cc1cnc3ccccc3n1)c(=O)n2C. The van der Waals surface area contributed by atoms with E-state index in [0.717, 1.165) is 43.3 Å². The van der Waals surface area contributed by atoms with Crippen molar-refractivity contribution in [2.24, 2.45) is 12.8 Å². The highest BCUT2D eigenvalue weighted by Crippen LogP contribution is 2.23. The van der Waals surface area contributed by atoms with E-state index in [0.29, 0.717) is 35.9 Å². The quantitative estimate of drug-likeness (QED) is 0.463. The Morgan fingerprint density at radius 2 is 1.91 bits per heavy atom. The number of para-hydroxylation sites is 2. The molecule has 10 heteroatoms. The number of aryl methyl sites for hydroxylation is 2. The van der Waals surface area contributed by atoms with Crippen LogP contribution in [0.3, 0.4) is 0 Å². The summed E-state index contributed by atoms with van der Waals surface area (Å²) in [6.45, 7) is 4.32. The molecule has 0 radical (unpaired) electrons. The molecule has 1 aliphatic heterocycles. The first kappa shape index (κ1) is 22.3. The van der Waals surface area contributed by atoms with Crippen LogP contribution in [0.1, 0.15) is 38.3 Å². The number of nitrogens with zero attached hydrogens (tertiary/aromatic N) is 7. The summed E-state index contributed by atoms with van der Waals surface area (Å²) in [7, 11) is 1.66. The van der Waals surface area contributed by atoms with Gasteiger partial charge in [-0.3, -0.25) is 18.9 Å². The van der Waals surface area contributed by atoms with E-state index in [1.165, 1.54) is 9.13 Å². The van der Waals surface area contributed by atoms with E-state index >= 15 is 0 Å². The predicted molar refractivity (Wildman–Crippen MR) is 132 cm³/mol. The molecule has 3 aromatic heterocycles. The number of rotatable bonds is 6. The Labute approximate surface area is 196 Å². The second kappa shape index (κ2) is 9.02. The fraction of sp³-hybridized carbons (Fsp3) is 0.458. The Kier molecular flexibility index (Phi) is 5.91. The molecular weight excluding hydrogens is 432 g/mol. The molecule has 34 heavy (non-hydrogen) atoms. The molecule has 2 N–H and O–H groups in total. The van der Waals surface area contributed by atoms with Gasteiger partial charge in [0.25, 0.3) is 5.56 Å². The average Bonchev–Trinajstić information content (AvgIpc) is 3.23. The van der Waals surface area contributed by atoms with Gasteiger partial charge < -0.3 is 15.2 Å². The van der Waals surface area contributed by atoms with Crippen LogP contribution in [-0.4, -0.2) is 47.8 Å². The number of hydrogen-bond acceptors (Lipinski definition) is 7. The summed E-state index contributed by atoms with van der Waals surface area (Å²) in [5, 5.41) is 0. The van der Waals surface area contributed by atoms with Crippen LogP contribution in [0.15, 0.2) is 40.1 Å². The minimum Gasteiger partial charge on any atom is -0.341 e. The van der Waals surface area contributed by atoms with Crippen molar-refractivity contribution in [1.29, 1.82) is 0 Å². The maximum absolute atomic E-state index is 13.7. The third kappa shape index (κ3) is 3.87. The van der Waals surface area contributed by atoms with Crippen LogP contribution in [0.5, 0.6) is 0 Å². The largest absolute Gasteiger partial charge is 0.341 e. The van der Waals surface area contributed by atoms with Gasteiger partial charge >= 0.3 is 5.69 Å². The van der Waals surface area contributed by atoms with Gasteiger partial charge in [-0.2, -0.15) is 4.98 Å². The molecule has 5 rings (SSSR count). The van der Waals surface area contributed by atoms with Crippen LogP contribution in [0.2, 0.25) is 0 Å². The normalized spacial score (nSPS) is 16.6. The van der Waals surface area contributed by atoms with Gasteiger partial charge in [0.1, 0.15) is 0 Å². The Balaban J connectivity index is 1.65. The number of fused-ring (bicyclic) bond motifs is 2. The van der Waals surface area contributed by atoms with Crippen molar-refractivity contribution >= 4 is 28.1 Å². The van der Waals surface area contributed by atoms with E-state index in [1.54, 1.807) is 13.2 Å². The summed E-state index contributed by atoms with van der Waals surface area (Å²) in [4.78, 5) is 42.9. The van der Waals surface area contributed by atoms with Crippen molar-refractivity contribution in [1.82, 2.24) is 28.7 Å². The molecule has 4 aromatic rings. The van der Waals surface area contributed by atoms with Crippen LogP contribution in [0.25, 0.3) is 22.2 Å². The average molecular weight is 463 g/mol. The molecule has 0 saturated carbocycles. The maximum atomic E-state index is 13.7. The molecule has 1 saturated heterocycles. The third-order valence-electron chi connectivity index (χ3n) is 6.51. The fourth-order valence-electron chi connectivity index (χ4n) is 4.69. The molecule has 1 aromatic carbocycles. The first-order valence-corrected chi connectivity index (χ1v) is 11.9. The number of unbranched alkanes of at least 4 members (excludes halogenated alkanes) is 1. The molecule has 10 nitrogen and oxygen atoms in total. The van der Waals surface area contributed by atoms with Crippen LogP contribution in [0.4, 0.5) is 5.95 Å². The second-order valence-electron chi connectivity index (χ2n) is 9.02. The summed E-state index contributed by atoms with van der Waals surface area (Å²) in [6, 6.07) is 7.60. The summed E-state index contributed by atoms with van der Waals surface area (Å²) < 4.78 is 4.67. The number of aromatic nitrogens is 6. The van der Waals surface area contributed by atoms with Gasteiger partial charge in [0, 0.05) is 32.7 Å². The summed E-state index contributed by atoms with van der Waals surface area (Å²) in [5.74, 6) is 0.717. The highest BCUT2D eigenvalue weighted by Gasteiger charge is 2.26. The van der Waals surface area contributed by atoms with Crippen LogP contribution in [-0.2, 0) is 20.1 Å². The number of piperidine rings is 1. The second-order valence-corrected chi connectivity index (χ2v) is 9.02. The van der Waals surface area contributed by atoms with Crippen molar-refractivity contribution in [3.63, 3.8) is 0 Å². The number of nitrogens with two attached hydrogens (primary N) is 1. The monoisotopic (exact) mass is 462 g/mol. The minimum absolute atomic E-state index is 0.0438. The van der Waals surface area contributed by atoms with Gasteiger partial charge in [-0.25, -0.2) is 9.78 Å². The lowest BCUT2D eigenvalue weighted by Gasteiger charge is -2.31. The summed E-state index contributed by atoms with van der Waals surface area (Å²) in [6.07, 6.45) is 5.45. The molecular formula is C24H30N8O2. The molecule has 1 fully saturated rings. The van der Waals surface area contributed by atoms with Gasteiger partial charge in [0.2, 0.25) is 5.95 Å². The van der Waals surface area contributed by atoms with Gasteiger partial charge in [-0.15, -0.1) is 0 Å². The third-order valence-corrected chi connectivity index (χ3v) is 6.51. The van der Waals surface area contributed by atoms with Gasteiger partial charge in [-0.1, -0.05) is 25.5 Å². The van der Waals surface area contributed by atoms with Gasteiger partial charge in [0.05, 0.1) is 29.5 Å². The number of imidazole rings is 1. The highest BCUT2D eigenvalue weighted by molar-refractivity contribution is 5.75. The number of anilines is 1. The standard InChI is InChI=1S/C24H30N8O2/c1-3-4-12-31-20-21(28-23(31)30-11-7-8-16(25)14-30)29(2)24(34)32(22(20)33)15-17-13-26-18-9-5-6-10-19(18)27-17/h5-6,9-10,13,16H,3-4,7-8,11-12,14-15,25H2,1-2H3. The van der Waals surface area contributed by atoms with Crippen molar-refractivity contribution in [3.8, 4) is 0 Å². The molecule has 0 bridgehead atoms. The van der Waals surface area contributed by atoms with E-state index < -0.39 is 5.69 Å². The Hall–Kier alpha value is -3.53. The lowest BCUT2D eigenvalue weighted by atomic mass is 10.1. The predicted octanol–water partition coefficient (Wildman–Crippen LogP) is 1.62. The van der Waals surface area contributed by atoms with Gasteiger partial charge in [0.15, 0.2) is 11.2 Å². The van der Waals surface area contributed by atoms with Crippen LogP contribution >= 0.6 is 0 Å². The van der Waals surface area contributed by atoms with E-state index in [-0.39, 0.29) is 18.1 Å². The topological polar surface area (TPSA) is 117 Å². The lowest BCUT2D eigenvalue weighted by molar-refractivity contribution is 0.491. The van der Waals surface area contributed by atoms with Crippen molar-refractivity contribution in [2.75, 3.05) is 18.0 Å². The molecule has 0 amide bonds. The molecule has 1 aliphatic rings. The Morgan fingerprint density at radius 3 is 2.68 bits per heavy atom. The number of benzene rings is 1. The zero-order valence-electron chi connectivity index (χ0n) is 19.6.